The highest BCUT2D eigenvalue weighted by molar-refractivity contribution is 6.36. The number of nitrogens with zero attached hydrogens (tertiary/aromatic N) is 1. The molecule has 2 N–H and O–H groups in total. The molecule has 0 aliphatic heterocycles. The molecule has 0 amide bonds. The maximum absolute atomic E-state index is 13.5. The minimum atomic E-state index is -5.09. The molecule has 1 aromatic heterocycles. The first-order valence-electron chi connectivity index (χ1n) is 6.80. The topological polar surface area (TPSA) is 65.2 Å². The number of alkyl halides is 6. The summed E-state index contributed by atoms with van der Waals surface area (Å²) in [6.45, 7) is 0. The molecule has 2 rings (SSSR count). The van der Waals surface area contributed by atoms with Crippen LogP contribution in [-0.2, 0) is 17.1 Å². The number of nitrogens with two attached hydrogens (primary N) is 1. The van der Waals surface area contributed by atoms with Crippen LogP contribution in [0.1, 0.15) is 21.6 Å². The Balaban J connectivity index is 2.86. The monoisotopic (exact) mass is 432 g/mol. The average molecular weight is 433 g/mol. The maximum atomic E-state index is 13.5. The van der Waals surface area contributed by atoms with Gasteiger partial charge in [-0.2, -0.15) is 26.3 Å². The van der Waals surface area contributed by atoms with Crippen LogP contribution >= 0.6 is 23.2 Å². The van der Waals surface area contributed by atoms with E-state index in [4.69, 9.17) is 28.9 Å². The van der Waals surface area contributed by atoms with Crippen molar-refractivity contribution in [1.82, 2.24) is 4.98 Å². The SMILES string of the molecule is COC(=O)c1nc(-c2ccc(C(F)(F)F)cc2Cl)c(C(F)(F)F)c(N)c1Cl. The Morgan fingerprint density at radius 2 is 1.70 bits per heavy atom. The van der Waals surface area contributed by atoms with Crippen LogP contribution in [-0.4, -0.2) is 18.1 Å². The molecular weight excluding hydrogens is 425 g/mol. The van der Waals surface area contributed by atoms with Crippen LogP contribution in [0.4, 0.5) is 32.0 Å². The van der Waals surface area contributed by atoms with Gasteiger partial charge in [0, 0.05) is 5.56 Å². The van der Waals surface area contributed by atoms with E-state index in [1.807, 2.05) is 0 Å². The van der Waals surface area contributed by atoms with E-state index in [-0.39, 0.29) is 0 Å². The lowest BCUT2D eigenvalue weighted by Crippen LogP contribution is -2.17. The maximum Gasteiger partial charge on any atom is 0.420 e. The van der Waals surface area contributed by atoms with E-state index in [2.05, 4.69) is 9.72 Å². The smallest absolute Gasteiger partial charge is 0.420 e. The van der Waals surface area contributed by atoms with Crippen LogP contribution in [0.5, 0.6) is 0 Å². The third-order valence-electron chi connectivity index (χ3n) is 3.39. The second-order valence-electron chi connectivity index (χ2n) is 5.09. The molecule has 0 fully saturated rings. The molecule has 0 bridgehead atoms. The number of ether oxygens (including phenoxy) is 1. The summed E-state index contributed by atoms with van der Waals surface area (Å²) in [6.07, 6.45) is -9.85. The van der Waals surface area contributed by atoms with Gasteiger partial charge in [0.05, 0.1) is 34.1 Å². The molecule has 2 aromatic rings. The van der Waals surface area contributed by atoms with Crippen molar-refractivity contribution in [3.05, 3.63) is 45.1 Å². The zero-order valence-electron chi connectivity index (χ0n) is 13.1. The Hall–Kier alpha value is -2.20. The summed E-state index contributed by atoms with van der Waals surface area (Å²) in [5.74, 6) is -1.19. The van der Waals surface area contributed by atoms with Gasteiger partial charge in [-0.25, -0.2) is 9.78 Å². The number of esters is 1. The molecule has 0 spiro atoms. The molecule has 0 saturated carbocycles. The summed E-state index contributed by atoms with van der Waals surface area (Å²) < 4.78 is 83.0. The molecule has 0 aliphatic carbocycles. The first-order valence-corrected chi connectivity index (χ1v) is 7.56. The number of rotatable bonds is 2. The van der Waals surface area contributed by atoms with Crippen LogP contribution < -0.4 is 5.73 Å². The average Bonchev–Trinajstić information content (AvgIpc) is 2.54. The lowest BCUT2D eigenvalue weighted by Gasteiger charge is -2.18. The van der Waals surface area contributed by atoms with Gasteiger partial charge in [0.2, 0.25) is 0 Å². The zero-order valence-corrected chi connectivity index (χ0v) is 14.6. The first kappa shape index (κ1) is 21.1. The number of carbonyl (C=O) groups excluding carboxylic acids is 1. The van der Waals surface area contributed by atoms with E-state index in [1.165, 1.54) is 0 Å². The van der Waals surface area contributed by atoms with Crippen LogP contribution in [0.15, 0.2) is 18.2 Å². The summed E-state index contributed by atoms with van der Waals surface area (Å²) in [4.78, 5) is 15.2. The van der Waals surface area contributed by atoms with Crippen LogP contribution in [0.3, 0.4) is 0 Å². The number of carbonyl (C=O) groups is 1. The third-order valence-corrected chi connectivity index (χ3v) is 4.08. The largest absolute Gasteiger partial charge is 0.464 e. The molecule has 0 aliphatic rings. The van der Waals surface area contributed by atoms with E-state index in [1.54, 1.807) is 0 Å². The predicted octanol–water partition coefficient (Wildman–Crippen LogP) is 5.46. The van der Waals surface area contributed by atoms with Crippen molar-refractivity contribution in [2.45, 2.75) is 12.4 Å². The summed E-state index contributed by atoms with van der Waals surface area (Å²) in [7, 11) is 0.930. The molecular formula is C15H8Cl2F6N2O2. The van der Waals surface area contributed by atoms with Crippen LogP contribution in [0, 0.1) is 0 Å². The Morgan fingerprint density at radius 3 is 2.15 bits per heavy atom. The van der Waals surface area contributed by atoms with Gasteiger partial charge < -0.3 is 10.5 Å². The minimum Gasteiger partial charge on any atom is -0.464 e. The van der Waals surface area contributed by atoms with Gasteiger partial charge in [-0.05, 0) is 12.1 Å². The predicted molar refractivity (Wildman–Crippen MR) is 85.4 cm³/mol. The van der Waals surface area contributed by atoms with Gasteiger partial charge in [-0.3, -0.25) is 0 Å². The molecule has 27 heavy (non-hydrogen) atoms. The van der Waals surface area contributed by atoms with E-state index in [9.17, 15) is 31.1 Å². The lowest BCUT2D eigenvalue weighted by molar-refractivity contribution is -0.138. The molecule has 146 valence electrons. The second-order valence-corrected chi connectivity index (χ2v) is 5.88. The fourth-order valence-corrected chi connectivity index (χ4v) is 2.66. The highest BCUT2D eigenvalue weighted by atomic mass is 35.5. The van der Waals surface area contributed by atoms with Crippen molar-refractivity contribution in [3.63, 3.8) is 0 Å². The Kier molecular flexibility index (Phi) is 5.53. The molecule has 4 nitrogen and oxygen atoms in total. The number of pyridine rings is 1. The Labute approximate surface area is 157 Å². The normalized spacial score (nSPS) is 12.2. The Bertz CT molecular complexity index is 913. The standard InChI is InChI=1S/C15H8Cl2F6N2O2/c1-27-13(26)12-9(17)10(24)8(15(21,22)23)11(25-12)6-3-2-5(4-7(6)16)14(18,19)20/h2-4H,1H3,(H2,24,25). The number of halogens is 8. The molecule has 0 unspecified atom stereocenters. The number of benzene rings is 1. The lowest BCUT2D eigenvalue weighted by atomic mass is 10.0. The van der Waals surface area contributed by atoms with Gasteiger partial charge in [0.1, 0.15) is 5.56 Å². The minimum absolute atomic E-state index is 0.432. The molecule has 0 saturated heterocycles. The van der Waals surface area contributed by atoms with Crippen LogP contribution in [0.2, 0.25) is 10.0 Å². The van der Waals surface area contributed by atoms with E-state index < -0.39 is 62.1 Å². The van der Waals surface area contributed by atoms with Crippen molar-refractivity contribution in [3.8, 4) is 11.3 Å². The molecule has 0 atom stereocenters. The zero-order chi connectivity index (χ0) is 20.7. The van der Waals surface area contributed by atoms with Crippen molar-refractivity contribution < 1.29 is 35.9 Å². The van der Waals surface area contributed by atoms with Crippen LogP contribution in [0.25, 0.3) is 11.3 Å². The van der Waals surface area contributed by atoms with Gasteiger partial charge >= 0.3 is 18.3 Å². The fourth-order valence-electron chi connectivity index (χ4n) is 2.18. The van der Waals surface area contributed by atoms with Crippen molar-refractivity contribution in [2.75, 3.05) is 12.8 Å². The number of methoxy groups -OCH3 is 1. The highest BCUT2D eigenvalue weighted by Gasteiger charge is 2.40. The van der Waals surface area contributed by atoms with Crippen molar-refractivity contribution in [2.24, 2.45) is 0 Å². The van der Waals surface area contributed by atoms with Gasteiger partial charge in [-0.1, -0.05) is 29.3 Å². The summed E-state index contributed by atoms with van der Waals surface area (Å²) in [6, 6.07) is 1.64. The first-order chi connectivity index (χ1) is 12.3. The summed E-state index contributed by atoms with van der Waals surface area (Å²) in [5.41, 5.74) is -0.548. The van der Waals surface area contributed by atoms with Gasteiger partial charge in [0.25, 0.3) is 0 Å². The van der Waals surface area contributed by atoms with Crippen molar-refractivity contribution >= 4 is 34.9 Å². The number of anilines is 1. The molecule has 1 heterocycles. The third kappa shape index (κ3) is 4.06. The molecule has 0 radical (unpaired) electrons. The van der Waals surface area contributed by atoms with Gasteiger partial charge in [-0.15, -0.1) is 0 Å². The fraction of sp³-hybridized carbons (Fsp3) is 0.200. The Morgan fingerprint density at radius 1 is 1.11 bits per heavy atom. The highest BCUT2D eigenvalue weighted by Crippen LogP contribution is 2.45. The quantitative estimate of drug-likeness (QED) is 0.505. The van der Waals surface area contributed by atoms with Gasteiger partial charge in [0.15, 0.2) is 5.69 Å². The summed E-state index contributed by atoms with van der Waals surface area (Å²) in [5, 5.41) is -1.48. The number of hydrogen-bond donors (Lipinski definition) is 1. The molecule has 1 aromatic carbocycles. The number of hydrogen-bond acceptors (Lipinski definition) is 4. The van der Waals surface area contributed by atoms with Crippen molar-refractivity contribution in [1.29, 1.82) is 0 Å². The summed E-state index contributed by atoms with van der Waals surface area (Å²) >= 11 is 11.4. The van der Waals surface area contributed by atoms with E-state index in [0.29, 0.717) is 18.2 Å². The van der Waals surface area contributed by atoms with E-state index in [0.717, 1.165) is 7.11 Å². The number of aromatic nitrogens is 1. The number of nitrogen functional groups attached to an aromatic ring is 1. The molecule has 12 heteroatoms. The van der Waals surface area contributed by atoms with E-state index >= 15 is 0 Å². The second kappa shape index (κ2) is 7.08.